The number of aromatic nitrogens is 1. The first-order valence-corrected chi connectivity index (χ1v) is 8.58. The standard InChI is InChI=1S/C18H21FN3O3/c1-25-18(24)22(8-5-20-6-9-22)16-11-15-13(10-14(16)19)17(23)4-7-21(15)12-2-3-12/h4,7,10-12,20H,2-3,5-6,8-9H2,1H3/q+1. The van der Waals surface area contributed by atoms with Gasteiger partial charge in [0.1, 0.15) is 13.1 Å². The molecule has 1 amide bonds. The van der Waals surface area contributed by atoms with Crippen LogP contribution in [0.25, 0.3) is 10.9 Å². The highest BCUT2D eigenvalue weighted by molar-refractivity contribution is 5.89. The highest BCUT2D eigenvalue weighted by Gasteiger charge is 2.44. The summed E-state index contributed by atoms with van der Waals surface area (Å²) in [5.74, 6) is -0.537. The molecule has 0 spiro atoms. The number of amides is 1. The van der Waals surface area contributed by atoms with Gasteiger partial charge in [-0.1, -0.05) is 0 Å². The summed E-state index contributed by atoms with van der Waals surface area (Å²) in [6.07, 6.45) is 3.39. The predicted molar refractivity (Wildman–Crippen MR) is 93.2 cm³/mol. The number of hydrogen-bond donors (Lipinski definition) is 1. The normalized spacial score (nSPS) is 19.8. The van der Waals surface area contributed by atoms with Crippen molar-refractivity contribution in [3.63, 3.8) is 0 Å². The van der Waals surface area contributed by atoms with Crippen LogP contribution in [0.3, 0.4) is 0 Å². The molecule has 2 aromatic rings. The van der Waals surface area contributed by atoms with Crippen LogP contribution >= 0.6 is 0 Å². The van der Waals surface area contributed by atoms with Gasteiger partial charge in [0.15, 0.2) is 16.9 Å². The first-order valence-electron chi connectivity index (χ1n) is 8.58. The molecule has 2 aliphatic rings. The van der Waals surface area contributed by atoms with Gasteiger partial charge < -0.3 is 14.6 Å². The van der Waals surface area contributed by atoms with Gasteiger partial charge in [-0.3, -0.25) is 4.79 Å². The Bertz CT molecular complexity index is 898. The van der Waals surface area contributed by atoms with Crippen LogP contribution in [0.4, 0.5) is 14.9 Å². The highest BCUT2D eigenvalue weighted by Crippen LogP contribution is 2.38. The molecule has 1 aliphatic carbocycles. The van der Waals surface area contributed by atoms with Crippen LogP contribution < -0.4 is 15.2 Å². The van der Waals surface area contributed by atoms with E-state index >= 15 is 0 Å². The van der Waals surface area contributed by atoms with Crippen LogP contribution in [0.5, 0.6) is 0 Å². The molecule has 25 heavy (non-hydrogen) atoms. The summed E-state index contributed by atoms with van der Waals surface area (Å²) in [7, 11) is 1.32. The van der Waals surface area contributed by atoms with E-state index in [1.165, 1.54) is 19.2 Å². The third-order valence-electron chi connectivity index (χ3n) is 5.26. The third-order valence-corrected chi connectivity index (χ3v) is 5.26. The van der Waals surface area contributed by atoms with Crippen molar-refractivity contribution in [1.29, 1.82) is 0 Å². The van der Waals surface area contributed by atoms with Crippen LogP contribution in [0.15, 0.2) is 29.2 Å². The zero-order valence-corrected chi connectivity index (χ0v) is 14.1. The first kappa shape index (κ1) is 16.2. The smallest absolute Gasteiger partial charge is 0.423 e. The average molecular weight is 346 g/mol. The molecule has 6 nitrogen and oxygen atoms in total. The van der Waals surface area contributed by atoms with E-state index in [9.17, 15) is 14.0 Å². The largest absolute Gasteiger partial charge is 0.521 e. The van der Waals surface area contributed by atoms with Crippen molar-refractivity contribution in [3.05, 3.63) is 40.4 Å². The first-order chi connectivity index (χ1) is 12.1. The lowest BCUT2D eigenvalue weighted by atomic mass is 10.1. The summed E-state index contributed by atoms with van der Waals surface area (Å²) in [5, 5.41) is 3.55. The molecular formula is C18H21FN3O3+. The van der Waals surface area contributed by atoms with Gasteiger partial charge in [-0.2, -0.15) is 9.28 Å². The maximum absolute atomic E-state index is 15.0. The van der Waals surface area contributed by atoms with Gasteiger partial charge in [0.2, 0.25) is 0 Å². The van der Waals surface area contributed by atoms with Crippen molar-refractivity contribution in [2.45, 2.75) is 18.9 Å². The Kier molecular flexibility index (Phi) is 3.85. The molecule has 0 atom stereocenters. The van der Waals surface area contributed by atoms with E-state index in [0.717, 1.165) is 12.8 Å². The Balaban J connectivity index is 1.97. The Labute approximate surface area is 144 Å². The molecule has 0 unspecified atom stereocenters. The number of quaternary nitrogens is 1. The Hall–Kier alpha value is -2.25. The molecule has 1 aromatic carbocycles. The van der Waals surface area contributed by atoms with Crippen molar-refractivity contribution >= 4 is 22.7 Å². The fourth-order valence-electron chi connectivity index (χ4n) is 3.75. The van der Waals surface area contributed by atoms with Crippen molar-refractivity contribution in [2.24, 2.45) is 0 Å². The number of nitrogens with one attached hydrogen (secondary N) is 1. The monoisotopic (exact) mass is 346 g/mol. The van der Waals surface area contributed by atoms with Gasteiger partial charge in [0.25, 0.3) is 0 Å². The van der Waals surface area contributed by atoms with Gasteiger partial charge in [-0.25, -0.2) is 4.39 Å². The lowest BCUT2D eigenvalue weighted by Gasteiger charge is -2.36. The molecule has 1 saturated heterocycles. The van der Waals surface area contributed by atoms with Crippen LogP contribution in [0.2, 0.25) is 0 Å². The average Bonchev–Trinajstić information content (AvgIpc) is 3.47. The fourth-order valence-corrected chi connectivity index (χ4v) is 3.75. The van der Waals surface area contributed by atoms with E-state index in [4.69, 9.17) is 4.74 Å². The highest BCUT2D eigenvalue weighted by atomic mass is 19.1. The number of halogens is 1. The number of carbonyl (C=O) groups is 1. The SMILES string of the molecule is COC(=O)[N+]1(c2cc3c(cc2F)c(=O)ccn3C2CC2)CCNCC1. The van der Waals surface area contributed by atoms with Crippen LogP contribution in [0, 0.1) is 5.82 Å². The Morgan fingerprint density at radius 3 is 2.68 bits per heavy atom. The van der Waals surface area contributed by atoms with Crippen molar-refractivity contribution in [2.75, 3.05) is 33.3 Å². The van der Waals surface area contributed by atoms with Gasteiger partial charge in [0, 0.05) is 42.8 Å². The van der Waals surface area contributed by atoms with Crippen LogP contribution in [-0.2, 0) is 4.74 Å². The molecule has 1 aliphatic heterocycles. The molecule has 0 radical (unpaired) electrons. The molecular weight excluding hydrogens is 325 g/mol. The van der Waals surface area contributed by atoms with Crippen molar-refractivity contribution in [3.8, 4) is 0 Å². The Morgan fingerprint density at radius 2 is 2.04 bits per heavy atom. The second-order valence-corrected chi connectivity index (χ2v) is 6.77. The number of fused-ring (bicyclic) bond motifs is 1. The maximum Gasteiger partial charge on any atom is 0.521 e. The van der Waals surface area contributed by atoms with Gasteiger partial charge in [-0.05, 0) is 18.9 Å². The van der Waals surface area contributed by atoms with E-state index < -0.39 is 11.9 Å². The van der Waals surface area contributed by atoms with E-state index in [2.05, 4.69) is 5.32 Å². The Morgan fingerprint density at radius 1 is 1.32 bits per heavy atom. The van der Waals surface area contributed by atoms with E-state index in [0.29, 0.717) is 43.1 Å². The molecule has 132 valence electrons. The molecule has 1 aromatic heterocycles. The molecule has 1 saturated carbocycles. The second-order valence-electron chi connectivity index (χ2n) is 6.77. The number of rotatable bonds is 2. The molecule has 2 heterocycles. The predicted octanol–water partition coefficient (Wildman–Crippen LogP) is 2.15. The molecule has 4 rings (SSSR count). The number of piperazine rings is 1. The third kappa shape index (κ3) is 2.54. The summed E-state index contributed by atoms with van der Waals surface area (Å²) in [4.78, 5) is 24.8. The lowest BCUT2D eigenvalue weighted by molar-refractivity contribution is 0.118. The van der Waals surface area contributed by atoms with Gasteiger partial charge >= 0.3 is 6.09 Å². The fraction of sp³-hybridized carbons (Fsp3) is 0.444. The quantitative estimate of drug-likeness (QED) is 0.847. The number of benzene rings is 1. The van der Waals surface area contributed by atoms with Crippen molar-refractivity contribution < 1.29 is 13.9 Å². The van der Waals surface area contributed by atoms with Crippen LogP contribution in [-0.4, -0.2) is 43.9 Å². The number of methoxy groups -OCH3 is 1. The van der Waals surface area contributed by atoms with E-state index in [-0.39, 0.29) is 15.6 Å². The number of nitrogens with zero attached hydrogens (tertiary/aromatic N) is 2. The zero-order chi connectivity index (χ0) is 17.6. The molecule has 7 heteroatoms. The minimum Gasteiger partial charge on any atom is -0.423 e. The summed E-state index contributed by atoms with van der Waals surface area (Å²) in [5.41, 5.74) is 0.759. The molecule has 2 fully saturated rings. The molecule has 1 N–H and O–H groups in total. The summed E-state index contributed by atoms with van der Waals surface area (Å²) >= 11 is 0. The lowest BCUT2D eigenvalue weighted by Crippen LogP contribution is -2.63. The summed E-state index contributed by atoms with van der Waals surface area (Å²) in [6, 6.07) is 4.77. The van der Waals surface area contributed by atoms with Crippen LogP contribution in [0.1, 0.15) is 18.9 Å². The van der Waals surface area contributed by atoms with Gasteiger partial charge in [-0.15, -0.1) is 0 Å². The van der Waals surface area contributed by atoms with Crippen molar-refractivity contribution in [1.82, 2.24) is 14.4 Å². The van der Waals surface area contributed by atoms with E-state index in [1.807, 2.05) is 4.57 Å². The minimum atomic E-state index is -0.537. The number of pyridine rings is 1. The van der Waals surface area contributed by atoms with E-state index in [1.54, 1.807) is 12.3 Å². The maximum atomic E-state index is 15.0. The minimum absolute atomic E-state index is 0.195. The summed E-state index contributed by atoms with van der Waals surface area (Å²) < 4.78 is 21.8. The summed E-state index contributed by atoms with van der Waals surface area (Å²) in [6.45, 7) is 2.01. The number of carbonyl (C=O) groups excluding carboxylic acids is 1. The zero-order valence-electron chi connectivity index (χ0n) is 14.1. The van der Waals surface area contributed by atoms with Gasteiger partial charge in [0.05, 0.1) is 12.6 Å². The number of ether oxygens (including phenoxy) is 1. The second kappa shape index (κ2) is 5.93. The topological polar surface area (TPSA) is 60.3 Å². The molecule has 0 bridgehead atoms. The number of hydrogen-bond acceptors (Lipinski definition) is 4.